The van der Waals surface area contributed by atoms with E-state index in [1.165, 1.54) is 12.1 Å². The van der Waals surface area contributed by atoms with Crippen LogP contribution in [0.15, 0.2) is 70.9 Å². The smallest absolute Gasteiger partial charge is 0.367 e. The molecule has 0 saturated heterocycles. The molecule has 0 amide bonds. The summed E-state index contributed by atoms with van der Waals surface area (Å²) in [6, 6.07) is 16.4. The Bertz CT molecular complexity index is 1280. The van der Waals surface area contributed by atoms with Crippen molar-refractivity contribution in [3.05, 3.63) is 70.8 Å². The van der Waals surface area contributed by atoms with Crippen LogP contribution >= 0.6 is 16.1 Å². The third-order valence-corrected chi connectivity index (χ3v) is 5.67. The molecule has 184 valence electrons. The molecule has 35 heavy (non-hydrogen) atoms. The zero-order valence-electron chi connectivity index (χ0n) is 18.1. The van der Waals surface area contributed by atoms with Crippen LogP contribution in [-0.4, -0.2) is 45.9 Å². The zero-order chi connectivity index (χ0) is 25.4. The average Bonchev–Trinajstić information content (AvgIpc) is 2.81. The molecule has 15 heteroatoms. The third kappa shape index (κ3) is 7.94. The molecule has 0 aliphatic heterocycles. The number of benzene rings is 3. The molecule has 3 N–H and O–H groups in total. The van der Waals surface area contributed by atoms with E-state index < -0.39 is 21.0 Å². The van der Waals surface area contributed by atoms with Crippen LogP contribution in [-0.2, 0) is 18.2 Å². The van der Waals surface area contributed by atoms with Gasteiger partial charge in [-0.3, -0.25) is 14.6 Å². The maximum Gasteiger partial charge on any atom is 0.694 e. The van der Waals surface area contributed by atoms with Crippen LogP contribution < -0.4 is 4.90 Å². The maximum absolute atomic E-state index is 11.3. The molecule has 0 fully saturated rings. The minimum Gasteiger partial charge on any atom is -0.367 e. The van der Waals surface area contributed by atoms with Gasteiger partial charge >= 0.3 is 16.1 Å². The number of fused-ring (bicyclic) bond motifs is 1. The van der Waals surface area contributed by atoms with Crippen molar-refractivity contribution in [3.8, 4) is 0 Å². The molecule has 0 aliphatic carbocycles. The predicted octanol–water partition coefficient (Wildman–Crippen LogP) is 4.75. The van der Waals surface area contributed by atoms with Gasteiger partial charge in [0.15, 0.2) is 0 Å². The van der Waals surface area contributed by atoms with E-state index in [2.05, 4.69) is 19.3 Å². The summed E-state index contributed by atoms with van der Waals surface area (Å²) in [5, 5.41) is 20.7. The Morgan fingerprint density at radius 3 is 2.26 bits per heavy atom. The van der Waals surface area contributed by atoms with Gasteiger partial charge in [0.05, 0.1) is 28.3 Å². The van der Waals surface area contributed by atoms with Gasteiger partial charge in [0.1, 0.15) is 6.61 Å². The van der Waals surface area contributed by atoms with Gasteiger partial charge < -0.3 is 14.7 Å². The van der Waals surface area contributed by atoms with E-state index in [1.807, 2.05) is 0 Å². The van der Waals surface area contributed by atoms with E-state index in [0.29, 0.717) is 27.8 Å². The first-order chi connectivity index (χ1) is 16.6. The fourth-order valence-corrected chi connectivity index (χ4v) is 3.78. The van der Waals surface area contributed by atoms with E-state index in [0.717, 1.165) is 0 Å². The molecule has 0 saturated carbocycles. The average molecular weight is 523 g/mol. The van der Waals surface area contributed by atoms with E-state index >= 15 is 0 Å². The maximum atomic E-state index is 11.3. The van der Waals surface area contributed by atoms with Crippen molar-refractivity contribution in [3.63, 3.8) is 0 Å². The summed E-state index contributed by atoms with van der Waals surface area (Å²) >= 11 is 0. The predicted molar refractivity (Wildman–Crippen MR) is 127 cm³/mol. The molecule has 0 radical (unpaired) electrons. The van der Waals surface area contributed by atoms with Crippen molar-refractivity contribution in [2.45, 2.75) is 0 Å². The highest BCUT2D eigenvalue weighted by Gasteiger charge is 2.17. The van der Waals surface area contributed by atoms with Crippen molar-refractivity contribution in [1.29, 1.82) is 0 Å². The van der Waals surface area contributed by atoms with Gasteiger partial charge in [-0.1, -0.05) is 18.2 Å². The monoisotopic (exact) mass is 523 g/mol. The SMILES string of the molecule is O=[N+]([O-])c1ccc(N=Nc2ccc(N(CCO[P+](=O)O)CCOP(=O)(O)O)cc2)c2ccccc12. The third-order valence-electron chi connectivity index (χ3n) is 4.75. The van der Waals surface area contributed by atoms with E-state index in [1.54, 1.807) is 53.4 Å². The van der Waals surface area contributed by atoms with Gasteiger partial charge in [0, 0.05) is 34.8 Å². The lowest BCUT2D eigenvalue weighted by Crippen LogP contribution is -2.30. The number of nitro benzene ring substituents is 1. The summed E-state index contributed by atoms with van der Waals surface area (Å²) in [6.45, 7) is -0.158. The number of hydrogen-bond acceptors (Lipinski definition) is 9. The molecule has 0 aromatic heterocycles. The molecule has 13 nitrogen and oxygen atoms in total. The van der Waals surface area contributed by atoms with Gasteiger partial charge in [-0.25, -0.2) is 4.57 Å². The molecule has 3 aromatic carbocycles. The molecule has 0 aliphatic rings. The fraction of sp³-hybridized carbons (Fsp3) is 0.200. The molecule has 0 bridgehead atoms. The number of anilines is 1. The quantitative estimate of drug-likeness (QED) is 0.130. The topological polar surface area (TPSA) is 184 Å². The number of non-ortho nitro benzene ring substituents is 1. The first kappa shape index (κ1) is 26.5. The number of azo groups is 1. The summed E-state index contributed by atoms with van der Waals surface area (Å²) in [6.07, 6.45) is 0. The molecule has 0 spiro atoms. The summed E-state index contributed by atoms with van der Waals surface area (Å²) in [5.74, 6) is 0. The highest BCUT2D eigenvalue weighted by molar-refractivity contribution is 7.46. The first-order valence-electron chi connectivity index (χ1n) is 10.1. The van der Waals surface area contributed by atoms with Crippen molar-refractivity contribution in [2.24, 2.45) is 10.2 Å². The molecule has 3 aromatic rings. The normalized spacial score (nSPS) is 12.3. The number of nitrogens with zero attached hydrogens (tertiary/aromatic N) is 4. The Morgan fingerprint density at radius 2 is 1.63 bits per heavy atom. The van der Waals surface area contributed by atoms with Crippen LogP contribution in [0.5, 0.6) is 0 Å². The molecular weight excluding hydrogens is 502 g/mol. The summed E-state index contributed by atoms with van der Waals surface area (Å²) in [7, 11) is -7.42. The van der Waals surface area contributed by atoms with Crippen LogP contribution in [0.3, 0.4) is 0 Å². The number of phosphoric ester groups is 1. The second kappa shape index (κ2) is 12.0. The summed E-state index contributed by atoms with van der Waals surface area (Å²) in [5.41, 5.74) is 1.54. The van der Waals surface area contributed by atoms with Gasteiger partial charge in [-0.15, -0.1) is 14.5 Å². The molecular formula is C20H21N4O9P2+. The molecule has 3 rings (SSSR count). The van der Waals surface area contributed by atoms with Crippen LogP contribution in [0.25, 0.3) is 10.8 Å². The lowest BCUT2D eigenvalue weighted by atomic mass is 10.1. The minimum absolute atomic E-state index is 0.0264. The molecule has 1 unspecified atom stereocenters. The Hall–Kier alpha value is -3.15. The number of phosphoric acid groups is 1. The van der Waals surface area contributed by atoms with Crippen molar-refractivity contribution in [1.82, 2.24) is 0 Å². The van der Waals surface area contributed by atoms with E-state index in [-0.39, 0.29) is 32.0 Å². The molecule has 1 atom stereocenters. The van der Waals surface area contributed by atoms with Crippen LogP contribution in [0.1, 0.15) is 0 Å². The number of rotatable bonds is 12. The van der Waals surface area contributed by atoms with Crippen molar-refractivity contribution >= 4 is 49.6 Å². The zero-order valence-corrected chi connectivity index (χ0v) is 19.9. The Morgan fingerprint density at radius 1 is 0.971 bits per heavy atom. The highest BCUT2D eigenvalue weighted by atomic mass is 31.2. The second-order valence-electron chi connectivity index (χ2n) is 7.00. The van der Waals surface area contributed by atoms with Crippen LogP contribution in [0.2, 0.25) is 0 Å². The number of hydrogen-bond donors (Lipinski definition) is 3. The van der Waals surface area contributed by atoms with E-state index in [4.69, 9.17) is 14.7 Å². The fourth-order valence-electron chi connectivity index (χ4n) is 3.22. The van der Waals surface area contributed by atoms with Crippen LogP contribution in [0.4, 0.5) is 22.7 Å². The lowest BCUT2D eigenvalue weighted by Gasteiger charge is -2.23. The second-order valence-corrected chi connectivity index (χ2v) is 8.98. The highest BCUT2D eigenvalue weighted by Crippen LogP contribution is 2.36. The molecule has 0 heterocycles. The number of nitro groups is 1. The van der Waals surface area contributed by atoms with Gasteiger partial charge in [0.25, 0.3) is 5.69 Å². The lowest BCUT2D eigenvalue weighted by molar-refractivity contribution is -0.383. The van der Waals surface area contributed by atoms with Crippen molar-refractivity contribution < 1.29 is 37.8 Å². The van der Waals surface area contributed by atoms with Crippen molar-refractivity contribution in [2.75, 3.05) is 31.2 Å². The Kier molecular flexibility index (Phi) is 9.07. The summed E-state index contributed by atoms with van der Waals surface area (Å²) < 4.78 is 30.8. The summed E-state index contributed by atoms with van der Waals surface area (Å²) in [4.78, 5) is 39.0. The Balaban J connectivity index is 1.77. The standard InChI is InChI=1S/C20H20N4O9P2/c25-24(26)20-10-9-19(17-3-1-2-4-18(17)20)22-21-15-5-7-16(8-6-15)23(11-13-32-34(27)28)12-14-33-35(29,30)31/h1-10H,11-14H2,(H2-,27,28,29,30,31)/p+1. The van der Waals surface area contributed by atoms with Gasteiger partial charge in [-0.2, -0.15) is 5.11 Å². The van der Waals surface area contributed by atoms with Gasteiger partial charge in [0.2, 0.25) is 0 Å². The first-order valence-corrected chi connectivity index (χ1v) is 12.7. The van der Waals surface area contributed by atoms with Gasteiger partial charge in [-0.05, 0) is 36.4 Å². The minimum atomic E-state index is -4.64. The largest absolute Gasteiger partial charge is 0.694 e. The Labute approximate surface area is 200 Å². The van der Waals surface area contributed by atoms with E-state index in [9.17, 15) is 19.2 Å². The van der Waals surface area contributed by atoms with Crippen LogP contribution in [0, 0.1) is 10.1 Å².